The number of imidazole rings is 1. The van der Waals surface area contributed by atoms with Crippen LogP contribution in [0.3, 0.4) is 0 Å². The fourth-order valence-corrected chi connectivity index (χ4v) is 5.50. The molecule has 0 amide bonds. The fraction of sp³-hybridized carbons (Fsp3) is 0.241. The first-order chi connectivity index (χ1) is 18.4. The largest absolute Gasteiger partial charge is 0.488 e. The zero-order chi connectivity index (χ0) is 26.4. The number of piperidine rings is 1. The molecule has 7 nitrogen and oxygen atoms in total. The summed E-state index contributed by atoms with van der Waals surface area (Å²) in [7, 11) is 1.97. The molecule has 3 heterocycles. The van der Waals surface area contributed by atoms with Crippen molar-refractivity contribution >= 4 is 22.7 Å². The molecule has 0 aliphatic carbocycles. The number of hydrogen-bond acceptors (Lipinski definition) is 5. The van der Waals surface area contributed by atoms with Gasteiger partial charge in [-0.1, -0.05) is 12.1 Å². The van der Waals surface area contributed by atoms with E-state index in [1.54, 1.807) is 12.1 Å². The van der Waals surface area contributed by atoms with Gasteiger partial charge in [0, 0.05) is 30.3 Å². The smallest absolute Gasteiger partial charge is 0.219 e. The molecule has 2 N–H and O–H groups in total. The average Bonchev–Trinajstić information content (AvgIpc) is 3.16. The molecule has 4 aromatic rings. The van der Waals surface area contributed by atoms with E-state index in [1.807, 2.05) is 42.1 Å². The number of halogens is 2. The lowest BCUT2D eigenvalue weighted by atomic mass is 9.92. The van der Waals surface area contributed by atoms with Crippen LogP contribution in [0.2, 0.25) is 0 Å². The molecule has 2 atom stereocenters. The lowest BCUT2D eigenvalue weighted by molar-refractivity contribution is 0.0381. The molecular weight excluding hydrogens is 488 g/mol. The molecule has 2 aliphatic heterocycles. The van der Waals surface area contributed by atoms with Crippen LogP contribution in [0.4, 0.5) is 8.78 Å². The summed E-state index contributed by atoms with van der Waals surface area (Å²) in [6.07, 6.45) is 3.93. The van der Waals surface area contributed by atoms with Crippen molar-refractivity contribution in [3.05, 3.63) is 94.1 Å². The molecule has 1 aromatic heterocycles. The number of aromatic nitrogens is 2. The molecule has 0 radical (unpaired) electrons. The minimum Gasteiger partial charge on any atom is -0.488 e. The number of aliphatic hydroxyl groups is 1. The SMILES string of the molecule is CN1CC[C@H](n2/c(=N/C#N)[nH]c3cc(/C=C4\c5ccc(F)cc5COc5cc(F)ccc54)ccc32)[C@@H](O)C1. The summed E-state index contributed by atoms with van der Waals surface area (Å²) in [5.74, 6) is -0.397. The van der Waals surface area contributed by atoms with E-state index in [2.05, 4.69) is 14.9 Å². The Bertz CT molecular complexity index is 1640. The van der Waals surface area contributed by atoms with Crippen molar-refractivity contribution < 1.29 is 18.6 Å². The topological polar surface area (TPSA) is 89.6 Å². The third kappa shape index (κ3) is 4.28. The number of likely N-dealkylation sites (tertiary alicyclic amines) is 1. The van der Waals surface area contributed by atoms with Gasteiger partial charge in [-0.15, -0.1) is 4.99 Å². The molecule has 9 heteroatoms. The van der Waals surface area contributed by atoms with Crippen LogP contribution < -0.4 is 10.4 Å². The Morgan fingerprint density at radius 1 is 1.11 bits per heavy atom. The van der Waals surface area contributed by atoms with E-state index in [1.165, 1.54) is 24.3 Å². The predicted octanol–water partition coefficient (Wildman–Crippen LogP) is 4.35. The van der Waals surface area contributed by atoms with Gasteiger partial charge in [0.25, 0.3) is 0 Å². The van der Waals surface area contributed by atoms with E-state index in [0.29, 0.717) is 29.0 Å². The Morgan fingerprint density at radius 2 is 1.89 bits per heavy atom. The number of nitrogens with one attached hydrogen (secondary N) is 1. The molecule has 3 aromatic carbocycles. The van der Waals surface area contributed by atoms with E-state index in [-0.39, 0.29) is 18.5 Å². The molecule has 38 heavy (non-hydrogen) atoms. The molecule has 192 valence electrons. The van der Waals surface area contributed by atoms with Crippen molar-refractivity contribution in [3.63, 3.8) is 0 Å². The Labute approximate surface area is 217 Å². The maximum Gasteiger partial charge on any atom is 0.219 e. The van der Waals surface area contributed by atoms with Crippen molar-refractivity contribution in [1.29, 1.82) is 5.26 Å². The van der Waals surface area contributed by atoms with Gasteiger partial charge in [0.15, 0.2) is 0 Å². The molecule has 0 unspecified atom stereocenters. The number of nitrogens with zero attached hydrogens (tertiary/aromatic N) is 4. The van der Waals surface area contributed by atoms with Gasteiger partial charge in [-0.2, -0.15) is 5.26 Å². The summed E-state index contributed by atoms with van der Waals surface area (Å²) in [5.41, 5.74) is 5.73. The summed E-state index contributed by atoms with van der Waals surface area (Å²) in [4.78, 5) is 9.30. The number of nitriles is 1. The van der Waals surface area contributed by atoms with E-state index in [0.717, 1.165) is 40.7 Å². The highest BCUT2D eigenvalue weighted by molar-refractivity contribution is 5.95. The van der Waals surface area contributed by atoms with Crippen LogP contribution in [-0.4, -0.2) is 45.8 Å². The number of likely N-dealkylation sites (N-methyl/N-ethyl adjacent to an activating group) is 1. The fourth-order valence-electron chi connectivity index (χ4n) is 5.50. The van der Waals surface area contributed by atoms with Crippen LogP contribution in [0.15, 0.2) is 59.6 Å². The maximum absolute atomic E-state index is 14.1. The van der Waals surface area contributed by atoms with E-state index in [4.69, 9.17) is 4.74 Å². The third-order valence-electron chi connectivity index (χ3n) is 7.28. The van der Waals surface area contributed by atoms with Gasteiger partial charge in [-0.25, -0.2) is 8.78 Å². The van der Waals surface area contributed by atoms with E-state index in [9.17, 15) is 19.1 Å². The third-order valence-corrected chi connectivity index (χ3v) is 7.28. The number of aliphatic hydroxyl groups excluding tert-OH is 1. The van der Waals surface area contributed by atoms with Crippen LogP contribution in [0.25, 0.3) is 22.7 Å². The van der Waals surface area contributed by atoms with Crippen molar-refractivity contribution in [2.24, 2.45) is 4.99 Å². The van der Waals surface area contributed by atoms with Crippen LogP contribution in [-0.2, 0) is 6.61 Å². The monoisotopic (exact) mass is 513 g/mol. The zero-order valence-corrected chi connectivity index (χ0v) is 20.7. The highest BCUT2D eigenvalue weighted by Gasteiger charge is 2.29. The van der Waals surface area contributed by atoms with Gasteiger partial charge in [0.2, 0.25) is 11.8 Å². The number of β-amino-alcohol motifs (C(OH)–C–C–N with tert-alkyl or cyclic N) is 1. The lowest BCUT2D eigenvalue weighted by Crippen LogP contribution is -2.44. The summed E-state index contributed by atoms with van der Waals surface area (Å²) in [6, 6.07) is 14.5. The molecule has 2 aliphatic rings. The number of hydrogen-bond donors (Lipinski definition) is 2. The zero-order valence-electron chi connectivity index (χ0n) is 20.7. The molecule has 0 spiro atoms. The van der Waals surface area contributed by atoms with Gasteiger partial charge >= 0.3 is 0 Å². The minimum absolute atomic E-state index is 0.120. The van der Waals surface area contributed by atoms with Crippen molar-refractivity contribution in [3.8, 4) is 11.9 Å². The molecular formula is C29H25F2N5O2. The van der Waals surface area contributed by atoms with Crippen LogP contribution >= 0.6 is 0 Å². The van der Waals surface area contributed by atoms with Crippen molar-refractivity contribution in [1.82, 2.24) is 14.5 Å². The Morgan fingerprint density at radius 3 is 2.68 bits per heavy atom. The van der Waals surface area contributed by atoms with Gasteiger partial charge < -0.3 is 24.3 Å². The van der Waals surface area contributed by atoms with Crippen LogP contribution in [0, 0.1) is 23.1 Å². The number of benzene rings is 3. The van der Waals surface area contributed by atoms with Crippen molar-refractivity contribution in [2.45, 2.75) is 25.2 Å². The Hall–Kier alpha value is -4.26. The standard InChI is InChI=1S/C29H25F2N5O2/c1-35-9-8-26(27(37)14-35)36-25-7-2-17(11-24(25)34-29(36)33-16-32)10-23-21-5-3-19(30)12-18(21)15-38-28-13-20(31)4-6-22(23)28/h2-7,10-13,26-27,37H,8-9,14-15H2,1H3,(H,33,34)/b23-10+/t26-,27-/m0/s1. The molecule has 0 bridgehead atoms. The maximum atomic E-state index is 14.1. The number of fused-ring (bicyclic) bond motifs is 3. The minimum atomic E-state index is -0.605. The summed E-state index contributed by atoms with van der Waals surface area (Å²) in [5, 5.41) is 20.1. The Kier molecular flexibility index (Phi) is 6.06. The highest BCUT2D eigenvalue weighted by Crippen LogP contribution is 2.39. The van der Waals surface area contributed by atoms with Crippen LogP contribution in [0.1, 0.15) is 34.7 Å². The van der Waals surface area contributed by atoms with Gasteiger partial charge in [0.05, 0.1) is 23.2 Å². The summed E-state index contributed by atoms with van der Waals surface area (Å²) < 4.78 is 35.9. The first kappa shape index (κ1) is 24.1. The normalized spacial score (nSPS) is 21.0. The van der Waals surface area contributed by atoms with Crippen molar-refractivity contribution in [2.75, 3.05) is 20.1 Å². The number of aromatic amines is 1. The predicted molar refractivity (Wildman–Crippen MR) is 139 cm³/mol. The molecule has 0 saturated carbocycles. The lowest BCUT2D eigenvalue weighted by Gasteiger charge is -2.34. The number of ether oxygens (including phenoxy) is 1. The molecule has 1 fully saturated rings. The van der Waals surface area contributed by atoms with E-state index >= 15 is 0 Å². The molecule has 6 rings (SSSR count). The van der Waals surface area contributed by atoms with Gasteiger partial charge in [-0.3, -0.25) is 0 Å². The quantitative estimate of drug-likeness (QED) is 0.390. The van der Waals surface area contributed by atoms with Crippen LogP contribution in [0.5, 0.6) is 5.75 Å². The second-order valence-corrected chi connectivity index (χ2v) is 9.78. The highest BCUT2D eigenvalue weighted by atomic mass is 19.1. The summed E-state index contributed by atoms with van der Waals surface area (Å²) in [6.45, 7) is 1.47. The first-order valence-corrected chi connectivity index (χ1v) is 12.4. The second-order valence-electron chi connectivity index (χ2n) is 9.78. The number of rotatable bonds is 2. The van der Waals surface area contributed by atoms with Gasteiger partial charge in [0.1, 0.15) is 24.0 Å². The summed E-state index contributed by atoms with van der Waals surface area (Å²) >= 11 is 0. The Balaban J connectivity index is 1.51. The van der Waals surface area contributed by atoms with E-state index < -0.39 is 11.9 Å². The first-order valence-electron chi connectivity index (χ1n) is 12.4. The molecule has 1 saturated heterocycles. The van der Waals surface area contributed by atoms with Gasteiger partial charge in [-0.05, 0) is 72.6 Å². The average molecular weight is 514 g/mol. The second kappa shape index (κ2) is 9.56. The number of H-pyrrole nitrogens is 1.